The molecule has 0 radical (unpaired) electrons. The topological polar surface area (TPSA) is 126 Å². The highest BCUT2D eigenvalue weighted by Gasteiger charge is 2.17. The van der Waals surface area contributed by atoms with E-state index in [9.17, 15) is 14.9 Å². The first kappa shape index (κ1) is 16.1. The number of aromatic nitrogens is 2. The van der Waals surface area contributed by atoms with Crippen molar-refractivity contribution in [2.45, 2.75) is 19.9 Å². The van der Waals surface area contributed by atoms with E-state index in [0.29, 0.717) is 11.3 Å². The highest BCUT2D eigenvalue weighted by atomic mass is 16.7. The normalized spacial score (nSPS) is 11.3. The van der Waals surface area contributed by atoms with Crippen molar-refractivity contribution < 1.29 is 14.6 Å². The van der Waals surface area contributed by atoms with Crippen molar-refractivity contribution in [3.8, 4) is 0 Å². The molecule has 0 saturated heterocycles. The number of amidine groups is 1. The lowest BCUT2D eigenvalue weighted by Crippen LogP contribution is -2.16. The molecular formula is C14H15N5O4. The molecule has 0 saturated carbocycles. The van der Waals surface area contributed by atoms with Crippen LogP contribution in [0.3, 0.4) is 0 Å². The third kappa shape index (κ3) is 4.13. The molecule has 1 aromatic carbocycles. The average molecular weight is 317 g/mol. The van der Waals surface area contributed by atoms with Crippen LogP contribution in [0.15, 0.2) is 41.7 Å². The van der Waals surface area contributed by atoms with Gasteiger partial charge in [0.2, 0.25) is 0 Å². The fraction of sp³-hybridized carbons (Fsp3) is 0.214. The zero-order valence-corrected chi connectivity index (χ0v) is 12.4. The van der Waals surface area contributed by atoms with Crippen molar-refractivity contribution in [2.24, 2.45) is 10.9 Å². The Balaban J connectivity index is 1.90. The minimum absolute atomic E-state index is 0.0365. The Morgan fingerprint density at radius 3 is 2.74 bits per heavy atom. The molecule has 0 aliphatic carbocycles. The number of nitrogens with zero attached hydrogens (tertiary/aromatic N) is 4. The van der Waals surface area contributed by atoms with E-state index in [1.54, 1.807) is 31.2 Å². The Morgan fingerprint density at radius 2 is 2.13 bits per heavy atom. The van der Waals surface area contributed by atoms with Gasteiger partial charge < -0.3 is 10.6 Å². The second kappa shape index (κ2) is 7.16. The smallest absolute Gasteiger partial charge is 0.336 e. The van der Waals surface area contributed by atoms with Crippen molar-refractivity contribution in [1.29, 1.82) is 0 Å². The van der Waals surface area contributed by atoms with E-state index in [1.165, 1.54) is 4.68 Å². The maximum Gasteiger partial charge on any atom is 0.336 e. The van der Waals surface area contributed by atoms with Crippen LogP contribution >= 0.6 is 0 Å². The number of rotatable bonds is 6. The molecule has 0 bridgehead atoms. The van der Waals surface area contributed by atoms with Crippen LogP contribution < -0.4 is 5.73 Å². The minimum atomic E-state index is -0.610. The summed E-state index contributed by atoms with van der Waals surface area (Å²) in [5.41, 5.74) is 6.61. The number of hydrogen-bond acceptors (Lipinski definition) is 6. The highest BCUT2D eigenvalue weighted by Crippen LogP contribution is 2.16. The summed E-state index contributed by atoms with van der Waals surface area (Å²) in [6.07, 6.45) is 1.11. The molecule has 0 fully saturated rings. The van der Waals surface area contributed by atoms with Crippen LogP contribution in [0.2, 0.25) is 0 Å². The zero-order valence-electron chi connectivity index (χ0n) is 12.4. The monoisotopic (exact) mass is 317 g/mol. The number of carbonyl (C=O) groups is 1. The lowest BCUT2D eigenvalue weighted by Gasteiger charge is -2.03. The molecule has 23 heavy (non-hydrogen) atoms. The third-order valence-corrected chi connectivity index (χ3v) is 3.12. The molecule has 0 spiro atoms. The molecule has 9 nitrogen and oxygen atoms in total. The first-order valence-corrected chi connectivity index (χ1v) is 6.74. The number of carbonyl (C=O) groups excluding carboxylic acids is 1. The Labute approximate surface area is 131 Å². The number of aryl methyl sites for hydroxylation is 1. The van der Waals surface area contributed by atoms with Gasteiger partial charge in [-0.3, -0.25) is 14.8 Å². The van der Waals surface area contributed by atoms with Crippen molar-refractivity contribution in [3.05, 3.63) is 57.9 Å². The summed E-state index contributed by atoms with van der Waals surface area (Å²) in [7, 11) is 0. The van der Waals surface area contributed by atoms with Gasteiger partial charge in [0.1, 0.15) is 11.9 Å². The summed E-state index contributed by atoms with van der Waals surface area (Å²) in [6.45, 7) is 1.71. The number of nitrogens with two attached hydrogens (primary N) is 1. The molecule has 0 unspecified atom stereocenters. The maximum atomic E-state index is 11.6. The van der Waals surface area contributed by atoms with Crippen molar-refractivity contribution in [2.75, 3.05) is 0 Å². The van der Waals surface area contributed by atoms with Gasteiger partial charge in [0.25, 0.3) is 0 Å². The lowest BCUT2D eigenvalue weighted by atomic mass is 10.2. The molecule has 2 rings (SSSR count). The van der Waals surface area contributed by atoms with Crippen molar-refractivity contribution >= 4 is 17.5 Å². The predicted molar refractivity (Wildman–Crippen MR) is 81.5 cm³/mol. The van der Waals surface area contributed by atoms with Gasteiger partial charge >= 0.3 is 11.7 Å². The summed E-state index contributed by atoms with van der Waals surface area (Å²) >= 11 is 0. The molecule has 2 N–H and O–H groups in total. The Kier molecular flexibility index (Phi) is 5.03. The van der Waals surface area contributed by atoms with E-state index in [0.717, 1.165) is 6.20 Å². The Morgan fingerprint density at radius 1 is 1.43 bits per heavy atom. The van der Waals surface area contributed by atoms with Gasteiger partial charge in [0, 0.05) is 5.56 Å². The summed E-state index contributed by atoms with van der Waals surface area (Å²) in [4.78, 5) is 26.6. The van der Waals surface area contributed by atoms with E-state index >= 15 is 0 Å². The lowest BCUT2D eigenvalue weighted by molar-refractivity contribution is -0.385. The second-order valence-electron chi connectivity index (χ2n) is 4.65. The van der Waals surface area contributed by atoms with Crippen LogP contribution in [0.25, 0.3) is 0 Å². The van der Waals surface area contributed by atoms with Crippen LogP contribution in [-0.4, -0.2) is 26.5 Å². The number of hydrogen-bond donors (Lipinski definition) is 1. The highest BCUT2D eigenvalue weighted by molar-refractivity contribution is 5.97. The van der Waals surface area contributed by atoms with Crippen LogP contribution in [0.1, 0.15) is 17.7 Å². The molecular weight excluding hydrogens is 302 g/mol. The summed E-state index contributed by atoms with van der Waals surface area (Å²) in [5.74, 6) is -0.522. The quantitative estimate of drug-likeness (QED) is 0.282. The Hall–Kier alpha value is -3.23. The fourth-order valence-corrected chi connectivity index (χ4v) is 1.85. The first-order valence-electron chi connectivity index (χ1n) is 6.74. The van der Waals surface area contributed by atoms with Gasteiger partial charge in [-0.2, -0.15) is 5.10 Å². The van der Waals surface area contributed by atoms with Gasteiger partial charge in [-0.05, 0) is 6.92 Å². The standard InChI is InChI=1S/C14H15N5O4/c1-10-12(19(21)22)9-16-18(10)8-7-13(20)23-17-14(15)11-5-3-2-4-6-11/h2-6,9H,7-8H2,1H3,(H2,15,17). The number of oxime groups is 1. The molecule has 1 heterocycles. The molecule has 2 aromatic rings. The average Bonchev–Trinajstić information content (AvgIpc) is 2.92. The third-order valence-electron chi connectivity index (χ3n) is 3.12. The summed E-state index contributed by atoms with van der Waals surface area (Å²) in [6, 6.07) is 8.87. The Bertz CT molecular complexity index is 739. The van der Waals surface area contributed by atoms with Gasteiger partial charge in [0.05, 0.1) is 17.9 Å². The van der Waals surface area contributed by atoms with E-state index in [-0.39, 0.29) is 24.5 Å². The van der Waals surface area contributed by atoms with Crippen molar-refractivity contribution in [1.82, 2.24) is 9.78 Å². The molecule has 9 heteroatoms. The largest absolute Gasteiger partial charge is 0.380 e. The van der Waals surface area contributed by atoms with Gasteiger partial charge in [-0.15, -0.1) is 0 Å². The van der Waals surface area contributed by atoms with E-state index < -0.39 is 10.9 Å². The molecule has 0 amide bonds. The van der Waals surface area contributed by atoms with E-state index in [2.05, 4.69) is 10.3 Å². The summed E-state index contributed by atoms with van der Waals surface area (Å²) in [5, 5.41) is 18.1. The maximum absolute atomic E-state index is 11.6. The minimum Gasteiger partial charge on any atom is -0.380 e. The van der Waals surface area contributed by atoms with E-state index in [1.807, 2.05) is 6.07 Å². The molecule has 0 aliphatic rings. The summed E-state index contributed by atoms with van der Waals surface area (Å²) < 4.78 is 1.36. The fourth-order valence-electron chi connectivity index (χ4n) is 1.85. The number of benzene rings is 1. The molecule has 120 valence electrons. The second-order valence-corrected chi connectivity index (χ2v) is 4.65. The van der Waals surface area contributed by atoms with Crippen molar-refractivity contribution in [3.63, 3.8) is 0 Å². The zero-order chi connectivity index (χ0) is 16.8. The van der Waals surface area contributed by atoms with Crippen LogP contribution in [-0.2, 0) is 16.2 Å². The van der Waals surface area contributed by atoms with E-state index in [4.69, 9.17) is 10.6 Å². The first-order chi connectivity index (χ1) is 11.0. The van der Waals surface area contributed by atoms with Crippen LogP contribution in [0.5, 0.6) is 0 Å². The molecule has 1 aromatic heterocycles. The van der Waals surface area contributed by atoms with Gasteiger partial charge in [0.15, 0.2) is 5.84 Å². The molecule has 0 aliphatic heterocycles. The van der Waals surface area contributed by atoms with Gasteiger partial charge in [-0.25, -0.2) is 4.79 Å². The molecule has 0 atom stereocenters. The van der Waals surface area contributed by atoms with Crippen LogP contribution in [0, 0.1) is 17.0 Å². The van der Waals surface area contributed by atoms with Crippen LogP contribution in [0.4, 0.5) is 5.69 Å². The number of nitro groups is 1. The van der Waals surface area contributed by atoms with Gasteiger partial charge in [-0.1, -0.05) is 35.5 Å². The predicted octanol–water partition coefficient (Wildman–Crippen LogP) is 1.35. The SMILES string of the molecule is Cc1c([N+](=O)[O-])cnn1CCC(=O)O/N=C(\N)c1ccccc1.